The first-order valence-corrected chi connectivity index (χ1v) is 41.0. The van der Waals surface area contributed by atoms with Crippen molar-refractivity contribution in [1.29, 1.82) is 0 Å². The summed E-state index contributed by atoms with van der Waals surface area (Å²) in [6.45, 7) is 7.18. The fourth-order valence-electron chi connectivity index (χ4n) is 13.7. The molecule has 55 heteroatoms. The van der Waals surface area contributed by atoms with Gasteiger partial charge >= 0.3 is 11.9 Å². The van der Waals surface area contributed by atoms with Crippen LogP contribution in [0.2, 0.25) is 0 Å². The summed E-state index contributed by atoms with van der Waals surface area (Å²) in [5, 5.41) is 156. The lowest BCUT2D eigenvalue weighted by molar-refractivity contribution is -0.333. The quantitative estimate of drug-likeness (QED) is 0.0269. The Bertz CT molecular complexity index is 3880. The molecule has 4 saturated heterocycles. The van der Waals surface area contributed by atoms with Crippen molar-refractivity contribution in [2.45, 2.75) is 329 Å². The second kappa shape index (κ2) is 52.5. The van der Waals surface area contributed by atoms with E-state index in [9.17, 15) is 148 Å². The van der Waals surface area contributed by atoms with Crippen molar-refractivity contribution in [2.75, 3.05) is 26.4 Å². The van der Waals surface area contributed by atoms with E-state index in [-0.39, 0.29) is 25.7 Å². The van der Waals surface area contributed by atoms with Gasteiger partial charge in [-0.2, -0.15) is 0 Å². The summed E-state index contributed by atoms with van der Waals surface area (Å²) in [7, 11) is 0. The number of amides is 16. The molecule has 4 heterocycles. The average molecular weight is 1860 g/mol. The van der Waals surface area contributed by atoms with E-state index in [1.807, 2.05) is 0 Å². The lowest BCUT2D eigenvalue weighted by Gasteiger charge is -2.48. The molecule has 0 radical (unpaired) electrons. The van der Waals surface area contributed by atoms with Gasteiger partial charge in [0.1, 0.15) is 164 Å². The lowest BCUT2D eigenvalue weighted by atomic mass is 9.94. The third kappa shape index (κ3) is 33.9. The Kier molecular flexibility index (Phi) is 45.2. The predicted octanol–water partition coefficient (Wildman–Crippen LogP) is -16.1. The highest BCUT2D eigenvalue weighted by Gasteiger charge is 2.56. The molecular weight excluding hydrogens is 1730 g/mol. The van der Waals surface area contributed by atoms with E-state index in [1.54, 1.807) is 0 Å². The maximum Gasteiger partial charge on any atom is 0.326 e. The number of ether oxygens (including phenoxy) is 8. The molecule has 0 bridgehead atoms. The number of hydrogen-bond acceptors (Lipinski definition) is 37. The van der Waals surface area contributed by atoms with Gasteiger partial charge in [-0.05, 0) is 92.9 Å². The minimum absolute atomic E-state index is 0.1000. The van der Waals surface area contributed by atoms with Crippen LogP contribution in [-0.2, 0) is 124 Å². The maximum atomic E-state index is 14.0. The number of nitrogens with one attached hydrogen (secondary N) is 13. The van der Waals surface area contributed by atoms with Gasteiger partial charge in [0.25, 0.3) is 0 Å². The zero-order valence-corrected chi connectivity index (χ0v) is 72.2. The third-order valence-electron chi connectivity index (χ3n) is 20.9. The fraction of sp³-hybridized carbons (Fsp3) is 0.757. The summed E-state index contributed by atoms with van der Waals surface area (Å²) in [6.07, 6.45) is -35.8. The monoisotopic (exact) mass is 1860 g/mol. The van der Waals surface area contributed by atoms with E-state index in [2.05, 4.69) is 69.1 Å². The number of carbonyl (C=O) groups excluding carboxylic acids is 16. The molecule has 4 aliphatic rings. The van der Waals surface area contributed by atoms with Gasteiger partial charge < -0.3 is 191 Å². The van der Waals surface area contributed by atoms with Crippen molar-refractivity contribution in [3.05, 3.63) is 0 Å². The summed E-state index contributed by atoms with van der Waals surface area (Å²) in [5.41, 5.74) is 22.3. The van der Waals surface area contributed by atoms with E-state index in [0.717, 1.165) is 69.2 Å². The fourth-order valence-corrected chi connectivity index (χ4v) is 13.7. The largest absolute Gasteiger partial charge is 0.480 e. The SMILES string of the molecule is CC(=O)NC1C(OC2C(CO)OC(O)C(NC(C)=O)C2OC(C)C(=O)NC(C)C(=O)NC(CCC(=O)NC(CCCC(NC(=O)C(C)NC(=O)C(CCCC(N)C(N)=O)NC(=O)CCC(NC(=O)C(C)NC(=O)C(C)OC2C(NC(C)=O)C(O)OC(CO)C2OC2OC(CO)C(O)C(O)C2NC(C)=O)C(N)=O)C(=O)O)C(=O)NC(C)C(=O)O)C(N)=O)OC(CO)C(O)C1O. The number of aliphatic hydroxyl groups is 10. The van der Waals surface area contributed by atoms with Crippen molar-refractivity contribution >= 4 is 106 Å². The Morgan fingerprint density at radius 1 is 0.333 bits per heavy atom. The Balaban J connectivity index is 1.41. The van der Waals surface area contributed by atoms with Crippen molar-refractivity contribution < 1.29 is 185 Å². The van der Waals surface area contributed by atoms with Crippen LogP contribution >= 0.6 is 0 Å². The predicted molar refractivity (Wildman–Crippen MR) is 427 cm³/mol. The molecule has 0 aliphatic carbocycles. The molecule has 32 unspecified atom stereocenters. The van der Waals surface area contributed by atoms with Crippen molar-refractivity contribution in [1.82, 2.24) is 69.1 Å². The molecule has 0 aromatic heterocycles. The molecule has 4 rings (SSSR count). The van der Waals surface area contributed by atoms with Crippen LogP contribution in [-0.4, -0.2) is 389 Å². The Hall–Kier alpha value is -10.3. The first-order chi connectivity index (χ1) is 60.3. The summed E-state index contributed by atoms with van der Waals surface area (Å²) >= 11 is 0. The number of hydrogen-bond donors (Lipinski definition) is 29. The summed E-state index contributed by atoms with van der Waals surface area (Å²) in [4.78, 5) is 234. The van der Waals surface area contributed by atoms with Crippen LogP contribution in [0.15, 0.2) is 0 Å². The highest BCUT2D eigenvalue weighted by atomic mass is 16.7. The lowest BCUT2D eigenvalue weighted by Crippen LogP contribution is -2.70. The first kappa shape index (κ1) is 111. The van der Waals surface area contributed by atoms with Crippen molar-refractivity contribution in [3.63, 3.8) is 0 Å². The molecule has 55 nitrogen and oxygen atoms in total. The van der Waals surface area contributed by atoms with Crippen molar-refractivity contribution in [2.24, 2.45) is 22.9 Å². The van der Waals surface area contributed by atoms with E-state index in [0.29, 0.717) is 0 Å². The minimum Gasteiger partial charge on any atom is -0.480 e. The third-order valence-corrected chi connectivity index (χ3v) is 20.9. The number of aliphatic hydroxyl groups excluding tert-OH is 10. The molecular formula is C74H123N17O38. The maximum absolute atomic E-state index is 14.0. The molecule has 732 valence electrons. The summed E-state index contributed by atoms with van der Waals surface area (Å²) in [5.74, 6) is -19.5. The van der Waals surface area contributed by atoms with E-state index < -0.39 is 367 Å². The van der Waals surface area contributed by atoms with Gasteiger partial charge in [-0.25, -0.2) is 4.79 Å². The Morgan fingerprint density at radius 2 is 0.643 bits per heavy atom. The number of primary amides is 3. The number of rotatable bonds is 51. The number of aliphatic carboxylic acids is 2. The van der Waals surface area contributed by atoms with Crippen LogP contribution in [0.5, 0.6) is 0 Å². The summed E-state index contributed by atoms with van der Waals surface area (Å²) in [6, 6.07) is -22.5. The zero-order valence-electron chi connectivity index (χ0n) is 72.2. The van der Waals surface area contributed by atoms with Crippen LogP contribution in [0.3, 0.4) is 0 Å². The first-order valence-electron chi connectivity index (χ1n) is 41.0. The molecule has 32 atom stereocenters. The smallest absolute Gasteiger partial charge is 0.326 e. The van der Waals surface area contributed by atoms with Gasteiger partial charge in [0.2, 0.25) is 94.5 Å². The minimum atomic E-state index is -1.98. The Morgan fingerprint density at radius 3 is 0.953 bits per heavy atom. The van der Waals surface area contributed by atoms with Crippen molar-refractivity contribution in [3.8, 4) is 0 Å². The van der Waals surface area contributed by atoms with Gasteiger partial charge in [0, 0.05) is 40.5 Å². The van der Waals surface area contributed by atoms with E-state index in [4.69, 9.17) is 60.8 Å². The molecule has 0 saturated carbocycles. The molecule has 129 heavy (non-hydrogen) atoms. The van der Waals surface area contributed by atoms with Gasteiger partial charge in [-0.15, -0.1) is 0 Å². The van der Waals surface area contributed by atoms with Gasteiger partial charge in [-0.1, -0.05) is 0 Å². The van der Waals surface area contributed by atoms with E-state index in [1.165, 1.54) is 0 Å². The molecule has 4 aliphatic heterocycles. The van der Waals surface area contributed by atoms with Gasteiger partial charge in [-0.3, -0.25) is 81.5 Å². The second-order valence-corrected chi connectivity index (χ2v) is 31.3. The number of carboxylic acid groups (broad SMARTS) is 2. The van der Waals surface area contributed by atoms with Crippen LogP contribution in [0.1, 0.15) is 133 Å². The molecule has 0 aromatic carbocycles. The highest BCUT2D eigenvalue weighted by Crippen LogP contribution is 2.34. The van der Waals surface area contributed by atoms with Crippen LogP contribution in [0.4, 0.5) is 0 Å². The van der Waals surface area contributed by atoms with Crippen LogP contribution in [0.25, 0.3) is 0 Å². The zero-order chi connectivity index (χ0) is 97.6. The molecule has 0 spiro atoms. The van der Waals surface area contributed by atoms with Crippen LogP contribution in [0, 0.1) is 0 Å². The van der Waals surface area contributed by atoms with E-state index >= 15 is 0 Å². The van der Waals surface area contributed by atoms with Crippen LogP contribution < -0.4 is 92.1 Å². The number of carbonyl (C=O) groups is 18. The number of nitrogens with two attached hydrogens (primary N) is 4. The normalized spacial score (nSPS) is 28.3. The summed E-state index contributed by atoms with van der Waals surface area (Å²) < 4.78 is 46.6. The van der Waals surface area contributed by atoms with Gasteiger partial charge in [0.05, 0.1) is 32.5 Å². The second-order valence-electron chi connectivity index (χ2n) is 31.3. The molecule has 16 amide bonds. The molecule has 4 fully saturated rings. The number of carboxylic acids is 2. The van der Waals surface area contributed by atoms with Gasteiger partial charge in [0.15, 0.2) is 25.2 Å². The molecule has 33 N–H and O–H groups in total. The molecule has 0 aromatic rings. The Labute approximate surface area is 736 Å². The highest BCUT2D eigenvalue weighted by molar-refractivity contribution is 5.96. The standard InChI is InChI=1S/C74H123N17O38/c1-25(79-65(112)29(5)122-57-49(85-33(9)98)71(120)124-43(23-94)55(57)128-73-47(83-31(7)96)53(104)51(102)41(21-92)126-73)62(109)89-36(60(77)107)17-19-45(100)87-38(14-11-13-35(75)59(76)106)67(114)81-27(3)64(111)91-40(70(118)119)16-12-15-39(68(115)82-28(4)69(116)117)88-46(101)20-18-37(61(78)108)90-63(110)26(2)80-66(113)30(6)123-58-50(86-34(10)99)72(121)125-44(24-95)56(58)129-74-48(84-32(8)97)54(105)52(103)42(22-93)127-74/h25-30,35-44,47-58,71-74,92-95,102-105,120-121H,11-24,75H2,1-10H3,(H2,76,106)(H2,77,107)(H2,78,108)(H,79,112)(H,80,113)(H,81,114)(H,82,115)(H,83,96)(H,84,97)(H,85,98)(H,86,99)(H,87,100)(H,88,101)(H,89,109)(H,90,110)(H,91,111)(H,116,117)(H,118,119). The average Bonchev–Trinajstić information content (AvgIpc) is 0.775. The topological polar surface area (TPSA) is 884 Å².